The Labute approximate surface area is 224 Å². The van der Waals surface area contributed by atoms with E-state index in [0.29, 0.717) is 35.0 Å². The van der Waals surface area contributed by atoms with Gasteiger partial charge in [0.05, 0.1) is 18.3 Å². The molecule has 1 atom stereocenters. The van der Waals surface area contributed by atoms with Crippen molar-refractivity contribution in [2.45, 2.75) is 57.1 Å². The van der Waals surface area contributed by atoms with Crippen molar-refractivity contribution < 1.29 is 14.6 Å². The first kappa shape index (κ1) is 25.0. The lowest BCUT2D eigenvalue weighted by Crippen LogP contribution is -2.41. The van der Waals surface area contributed by atoms with Gasteiger partial charge < -0.3 is 30.3 Å². The van der Waals surface area contributed by atoms with E-state index in [-0.39, 0.29) is 24.2 Å². The molecule has 0 bridgehead atoms. The number of hydrogen-bond acceptors (Lipinski definition) is 8. The highest BCUT2D eigenvalue weighted by atomic mass is 16.5. The van der Waals surface area contributed by atoms with Gasteiger partial charge in [0.1, 0.15) is 35.4 Å². The number of carbonyl (C=O) groups is 1. The van der Waals surface area contributed by atoms with Gasteiger partial charge in [0.25, 0.3) is 5.91 Å². The summed E-state index contributed by atoms with van der Waals surface area (Å²) in [5.41, 5.74) is 0.729. The lowest BCUT2D eigenvalue weighted by Gasteiger charge is -2.34. The van der Waals surface area contributed by atoms with Crippen molar-refractivity contribution >= 4 is 29.2 Å². The second-order valence-corrected chi connectivity index (χ2v) is 11.2. The van der Waals surface area contributed by atoms with Crippen LogP contribution in [-0.2, 0) is 4.74 Å². The zero-order valence-electron chi connectivity index (χ0n) is 22.0. The van der Waals surface area contributed by atoms with E-state index in [1.165, 1.54) is 12.8 Å². The molecule has 200 valence electrons. The Morgan fingerprint density at radius 2 is 1.87 bits per heavy atom. The predicted molar refractivity (Wildman–Crippen MR) is 148 cm³/mol. The third-order valence-corrected chi connectivity index (χ3v) is 8.27. The van der Waals surface area contributed by atoms with E-state index in [0.717, 1.165) is 57.7 Å². The van der Waals surface area contributed by atoms with Crippen molar-refractivity contribution in [1.29, 1.82) is 0 Å². The molecule has 0 aromatic carbocycles. The number of carbonyl (C=O) groups excluding carboxylic acids is 1. The van der Waals surface area contributed by atoms with Crippen LogP contribution in [0.15, 0.2) is 30.3 Å². The minimum Gasteiger partial charge on any atom is -0.384 e. The number of nitrogens with zero attached hydrogens (tertiary/aromatic N) is 4. The maximum Gasteiger partial charge on any atom is 0.260 e. The van der Waals surface area contributed by atoms with Gasteiger partial charge in [-0.25, -0.2) is 9.97 Å². The van der Waals surface area contributed by atoms with Crippen LogP contribution in [0.3, 0.4) is 0 Å². The Bertz CT molecular complexity index is 1250. The fourth-order valence-electron chi connectivity index (χ4n) is 5.55. The monoisotopic (exact) mass is 516 g/mol. The van der Waals surface area contributed by atoms with Gasteiger partial charge in [-0.2, -0.15) is 0 Å². The molecule has 6 rings (SSSR count). The minimum absolute atomic E-state index is 0.147. The molecule has 2 aliphatic carbocycles. The molecule has 0 unspecified atom stereocenters. The summed E-state index contributed by atoms with van der Waals surface area (Å²) >= 11 is 0. The second-order valence-electron chi connectivity index (χ2n) is 11.2. The number of morpholine rings is 1. The summed E-state index contributed by atoms with van der Waals surface area (Å²) in [6.45, 7) is 5.91. The fourth-order valence-corrected chi connectivity index (χ4v) is 5.55. The average Bonchev–Trinajstić information content (AvgIpc) is 3.87. The molecular weight excluding hydrogens is 480 g/mol. The Kier molecular flexibility index (Phi) is 6.62. The first-order valence-corrected chi connectivity index (χ1v) is 13.8. The summed E-state index contributed by atoms with van der Waals surface area (Å²) in [6.07, 6.45) is 6.89. The summed E-state index contributed by atoms with van der Waals surface area (Å²) in [5.74, 6) is 8.45. The highest BCUT2D eigenvalue weighted by Gasteiger charge is 2.45. The van der Waals surface area contributed by atoms with Crippen molar-refractivity contribution in [3.8, 4) is 11.8 Å². The number of aliphatic hydroxyl groups excluding tert-OH is 1. The van der Waals surface area contributed by atoms with E-state index >= 15 is 0 Å². The minimum atomic E-state index is -0.335. The molecule has 4 heterocycles. The Morgan fingerprint density at radius 1 is 1.05 bits per heavy atom. The fraction of sp³-hybridized carbons (Fsp3) is 0.552. The first-order chi connectivity index (χ1) is 18.5. The summed E-state index contributed by atoms with van der Waals surface area (Å²) < 4.78 is 5.66. The van der Waals surface area contributed by atoms with E-state index < -0.39 is 0 Å². The van der Waals surface area contributed by atoms with Crippen molar-refractivity contribution in [3.05, 3.63) is 35.9 Å². The van der Waals surface area contributed by atoms with Crippen LogP contribution >= 0.6 is 0 Å². The molecule has 4 aliphatic rings. The second kappa shape index (κ2) is 10.1. The summed E-state index contributed by atoms with van der Waals surface area (Å²) in [6, 6.07) is 9.42. The predicted octanol–water partition coefficient (Wildman–Crippen LogP) is 3.27. The Hall–Kier alpha value is -3.35. The molecule has 2 saturated carbocycles. The van der Waals surface area contributed by atoms with Crippen LogP contribution < -0.4 is 20.4 Å². The average molecular weight is 517 g/mol. The normalized spacial score (nSPS) is 22.8. The van der Waals surface area contributed by atoms with Gasteiger partial charge in [0, 0.05) is 26.2 Å². The van der Waals surface area contributed by atoms with Gasteiger partial charge in [-0.1, -0.05) is 17.9 Å². The van der Waals surface area contributed by atoms with Gasteiger partial charge in [-0.3, -0.25) is 4.79 Å². The van der Waals surface area contributed by atoms with E-state index in [1.54, 1.807) is 0 Å². The number of piperidine rings is 1. The molecule has 2 aromatic heterocycles. The molecule has 4 fully saturated rings. The largest absolute Gasteiger partial charge is 0.384 e. The number of pyridine rings is 2. The molecule has 1 spiro atoms. The van der Waals surface area contributed by atoms with Crippen molar-refractivity contribution in [2.24, 2.45) is 5.41 Å². The van der Waals surface area contributed by atoms with Crippen LogP contribution in [0.25, 0.3) is 0 Å². The van der Waals surface area contributed by atoms with Gasteiger partial charge in [-0.05, 0) is 75.1 Å². The number of hydrogen-bond donors (Lipinski definition) is 3. The van der Waals surface area contributed by atoms with E-state index in [4.69, 9.17) is 19.8 Å². The van der Waals surface area contributed by atoms with Gasteiger partial charge in [0.15, 0.2) is 0 Å². The maximum absolute atomic E-state index is 13.6. The quantitative estimate of drug-likeness (QED) is 0.503. The lowest BCUT2D eigenvalue weighted by atomic mass is 9.93. The standard InChI is InChI=1S/C29H36N6O3/c1-21-20-35(17-19-38-21)25-5-2-4-23(30-25)32-27(37)22-6-7-24(33-29(11-12-29)8-3-18-36)31-26(22)34-15-13-28(9-10-28)14-16-34/h2,4-7,21,36H,9-20H2,1H3,(H,31,33)(H,30,32,37)/t21-/m1/s1. The maximum atomic E-state index is 13.6. The van der Waals surface area contributed by atoms with Crippen molar-refractivity contribution in [3.63, 3.8) is 0 Å². The zero-order chi connectivity index (χ0) is 26.2. The smallest absolute Gasteiger partial charge is 0.260 e. The molecule has 3 N–H and O–H groups in total. The summed E-state index contributed by atoms with van der Waals surface area (Å²) in [4.78, 5) is 27.7. The number of nitrogens with one attached hydrogen (secondary N) is 2. The van der Waals surface area contributed by atoms with Gasteiger partial charge >= 0.3 is 0 Å². The third kappa shape index (κ3) is 5.42. The van der Waals surface area contributed by atoms with Crippen LogP contribution in [0.2, 0.25) is 0 Å². The molecule has 2 saturated heterocycles. The van der Waals surface area contributed by atoms with Crippen LogP contribution in [0.1, 0.15) is 55.8 Å². The number of aliphatic hydroxyl groups is 1. The zero-order valence-corrected chi connectivity index (χ0v) is 22.0. The number of aromatic nitrogens is 2. The van der Waals surface area contributed by atoms with E-state index in [1.807, 2.05) is 30.3 Å². The molecular formula is C29H36N6O3. The highest BCUT2D eigenvalue weighted by Crippen LogP contribution is 2.54. The molecule has 1 amide bonds. The summed E-state index contributed by atoms with van der Waals surface area (Å²) in [7, 11) is 0. The van der Waals surface area contributed by atoms with Crippen LogP contribution in [0.4, 0.5) is 23.3 Å². The molecule has 38 heavy (non-hydrogen) atoms. The van der Waals surface area contributed by atoms with Crippen LogP contribution in [0.5, 0.6) is 0 Å². The Balaban J connectivity index is 1.23. The van der Waals surface area contributed by atoms with Gasteiger partial charge in [-0.15, -0.1) is 0 Å². The van der Waals surface area contributed by atoms with Gasteiger partial charge in [0.2, 0.25) is 0 Å². The third-order valence-electron chi connectivity index (χ3n) is 8.27. The molecule has 2 aromatic rings. The van der Waals surface area contributed by atoms with Crippen LogP contribution in [-0.4, -0.2) is 72.0 Å². The molecule has 9 heteroatoms. The van der Waals surface area contributed by atoms with E-state index in [9.17, 15) is 4.79 Å². The lowest BCUT2D eigenvalue weighted by molar-refractivity contribution is 0.0529. The Morgan fingerprint density at radius 3 is 2.58 bits per heavy atom. The molecule has 9 nitrogen and oxygen atoms in total. The van der Waals surface area contributed by atoms with E-state index in [2.05, 4.69) is 39.2 Å². The number of rotatable bonds is 6. The topological polar surface area (TPSA) is 103 Å². The number of anilines is 4. The number of ether oxygens (including phenoxy) is 1. The van der Waals surface area contributed by atoms with Crippen LogP contribution in [0, 0.1) is 17.3 Å². The summed E-state index contributed by atoms with van der Waals surface area (Å²) in [5, 5.41) is 15.6. The molecule has 0 radical (unpaired) electrons. The van der Waals surface area contributed by atoms with Crippen molar-refractivity contribution in [1.82, 2.24) is 9.97 Å². The first-order valence-electron chi connectivity index (χ1n) is 13.8. The number of amides is 1. The SMILES string of the molecule is C[C@@H]1CN(c2cccc(NC(=O)c3ccc(NC4(C#CCO)CC4)nc3N3CCC4(CC3)CC4)n2)CCO1. The molecule has 2 aliphatic heterocycles. The highest BCUT2D eigenvalue weighted by molar-refractivity contribution is 6.07. The van der Waals surface area contributed by atoms with Crippen molar-refractivity contribution in [2.75, 3.05) is 59.8 Å².